The molecule has 3 aliphatic heterocycles. The van der Waals surface area contributed by atoms with Crippen molar-refractivity contribution in [3.05, 3.63) is 47.6 Å². The van der Waals surface area contributed by atoms with E-state index in [0.29, 0.717) is 56.9 Å². The highest BCUT2D eigenvalue weighted by molar-refractivity contribution is 8.36. The molecule has 2 bridgehead atoms. The van der Waals surface area contributed by atoms with Crippen LogP contribution < -0.4 is 5.32 Å². The van der Waals surface area contributed by atoms with Gasteiger partial charge in [-0.25, -0.2) is 19.0 Å². The average Bonchev–Trinajstić information content (AvgIpc) is 3.56. The third-order valence-electron chi connectivity index (χ3n) is 16.3. The van der Waals surface area contributed by atoms with Crippen LogP contribution in [0.5, 0.6) is 0 Å². The number of carbonyl (C=O) groups is 6. The lowest BCUT2D eigenvalue weighted by molar-refractivity contribution is -0.265. The molecule has 4 rings (SSSR count). The van der Waals surface area contributed by atoms with Crippen molar-refractivity contribution in [1.82, 2.24) is 10.2 Å². The van der Waals surface area contributed by atoms with E-state index < -0.39 is 143 Å². The number of Topliss-reactive ketones (excluding diaryl/α,β-unsaturated/α-hetero) is 3. The molecule has 2 amide bonds. The molecule has 1 saturated carbocycles. The second kappa shape index (κ2) is 31.1. The third-order valence-corrected chi connectivity index (χ3v) is 26.2. The van der Waals surface area contributed by atoms with Crippen LogP contribution in [0.2, 0.25) is 0 Å². The highest BCUT2D eigenvalue weighted by atomic mass is 32.1. The van der Waals surface area contributed by atoms with Crippen LogP contribution in [0.3, 0.4) is 0 Å². The van der Waals surface area contributed by atoms with Gasteiger partial charge in [0.25, 0.3) is 18.9 Å². The molecule has 26 heteroatoms. The van der Waals surface area contributed by atoms with E-state index in [1.165, 1.54) is 14.2 Å². The predicted octanol–water partition coefficient (Wildman–Crippen LogP) is 6.07. The number of methoxy groups -OCH3 is 3. The SMILES string of the molecule is CO[C@H]1C[C@@H]2CC[C@@H](C)[C@@](O)(O2)C(=O)C(=O)N2CCCC[C@H]2C(=O)O[C@H]([C@H](C)C[C@H]2CC[C@@H](OC(=O)NCC[P+](O)(CP(=O)(O)O)P(=O)(O)O)[C@H](OC)C2)CC(=O)[C@H](C)/C=C(\C)[C@@H](O)[C@@H](OC)C(=O)[C@H](C)C[C@H](C)\C=C/C=C/C=C/1C. The number of carbonyl (C=O) groups excluding carboxylic acids is 6. The number of hydrogen-bond donors (Lipinski definition) is 8. The maximum absolute atomic E-state index is 14.6. The topological polar surface area (TPSA) is 349 Å². The smallest absolute Gasteiger partial charge is 0.460 e. The monoisotopic (exact) mass is 1210 g/mol. The highest BCUT2D eigenvalue weighted by Crippen LogP contribution is 2.86. The number of amides is 2. The number of nitrogens with one attached hydrogen (secondary N) is 1. The fourth-order valence-corrected chi connectivity index (χ4v) is 19.7. The number of hydrogen-bond acceptors (Lipinski definition) is 17. The number of ether oxygens (including phenoxy) is 6. The van der Waals surface area contributed by atoms with E-state index in [1.54, 1.807) is 47.8 Å². The quantitative estimate of drug-likeness (QED) is 0.0449. The first kappa shape index (κ1) is 70.1. The van der Waals surface area contributed by atoms with Crippen molar-refractivity contribution >= 4 is 57.4 Å². The fourth-order valence-electron chi connectivity index (χ4n) is 11.3. The molecule has 81 heavy (non-hydrogen) atoms. The van der Waals surface area contributed by atoms with Gasteiger partial charge in [0.05, 0.1) is 24.9 Å². The number of alkyl carbamates (subject to hydrolysis) is 1. The number of nitrogens with zero attached hydrogens (tertiary/aromatic N) is 1. The van der Waals surface area contributed by atoms with Crippen LogP contribution in [0.25, 0.3) is 0 Å². The number of aliphatic hydroxyl groups excluding tert-OH is 1. The Labute approximate surface area is 476 Å². The molecule has 0 aromatic rings. The van der Waals surface area contributed by atoms with E-state index in [0.717, 1.165) is 10.5 Å². The Hall–Kier alpha value is -3.37. The van der Waals surface area contributed by atoms with Gasteiger partial charge in [0, 0.05) is 58.5 Å². The predicted molar refractivity (Wildman–Crippen MR) is 300 cm³/mol. The van der Waals surface area contributed by atoms with Gasteiger partial charge in [0.15, 0.2) is 11.7 Å². The summed E-state index contributed by atoms with van der Waals surface area (Å²) in [4.78, 5) is 134. The minimum absolute atomic E-state index is 0.00272. The molecule has 8 N–H and O–H groups in total. The Morgan fingerprint density at radius 1 is 0.877 bits per heavy atom. The minimum atomic E-state index is -5.36. The van der Waals surface area contributed by atoms with E-state index in [1.807, 2.05) is 44.2 Å². The largest absolute Gasteiger partial charge is 0.494 e. The zero-order valence-corrected chi connectivity index (χ0v) is 51.2. The summed E-state index contributed by atoms with van der Waals surface area (Å²) in [5.74, 6) is -10.7. The number of cyclic esters (lactones) is 1. The van der Waals surface area contributed by atoms with Crippen LogP contribution in [0.15, 0.2) is 47.6 Å². The molecule has 3 heterocycles. The van der Waals surface area contributed by atoms with Crippen molar-refractivity contribution in [2.24, 2.45) is 35.5 Å². The van der Waals surface area contributed by atoms with Crippen molar-refractivity contribution in [1.29, 1.82) is 0 Å². The molecular formula is C55H90N2O21P3+. The first-order valence-electron chi connectivity index (χ1n) is 27.9. The Kier molecular flexibility index (Phi) is 27.0. The van der Waals surface area contributed by atoms with Crippen LogP contribution in [0.4, 0.5) is 4.79 Å². The molecule has 2 saturated heterocycles. The third kappa shape index (κ3) is 19.9. The van der Waals surface area contributed by atoms with E-state index in [2.05, 4.69) is 5.32 Å². The van der Waals surface area contributed by atoms with Gasteiger partial charge in [0.2, 0.25) is 5.79 Å². The molecule has 3 fully saturated rings. The molecule has 1 unspecified atom stereocenters. The molecule has 0 radical (unpaired) electrons. The number of fused-ring (bicyclic) bond motifs is 3. The summed E-state index contributed by atoms with van der Waals surface area (Å²) < 4.78 is 58.7. The van der Waals surface area contributed by atoms with E-state index in [-0.39, 0.29) is 55.6 Å². The summed E-state index contributed by atoms with van der Waals surface area (Å²) in [6.07, 6.45) is 6.36. The first-order valence-corrected chi connectivity index (χ1v) is 34.2. The summed E-state index contributed by atoms with van der Waals surface area (Å²) in [5, 5.41) is 25.8. The Morgan fingerprint density at radius 2 is 1.57 bits per heavy atom. The number of ketones is 3. The molecule has 1 aliphatic carbocycles. The van der Waals surface area contributed by atoms with Crippen molar-refractivity contribution in [2.75, 3.05) is 46.5 Å². The number of allylic oxidation sites excluding steroid dienone is 6. The van der Waals surface area contributed by atoms with E-state index >= 15 is 0 Å². The lowest BCUT2D eigenvalue weighted by Crippen LogP contribution is -2.61. The van der Waals surface area contributed by atoms with Crippen LogP contribution in [-0.2, 0) is 61.5 Å². The van der Waals surface area contributed by atoms with Crippen LogP contribution in [0, 0.1) is 35.5 Å². The molecule has 0 spiro atoms. The molecular weight excluding hydrogens is 1120 g/mol. The maximum Gasteiger partial charge on any atom is 0.494 e. The van der Waals surface area contributed by atoms with Crippen molar-refractivity contribution in [2.45, 2.75) is 180 Å². The van der Waals surface area contributed by atoms with Crippen molar-refractivity contribution in [3.8, 4) is 0 Å². The first-order chi connectivity index (χ1) is 37.8. The minimum Gasteiger partial charge on any atom is -0.460 e. The number of esters is 1. The second-order valence-electron chi connectivity index (χ2n) is 22.8. The average molecular weight is 1210 g/mol. The molecule has 23 nitrogen and oxygen atoms in total. The summed E-state index contributed by atoms with van der Waals surface area (Å²) in [7, 11) is -10.7. The molecule has 0 aromatic carbocycles. The molecule has 460 valence electrons. The number of piperidine rings is 1. The zero-order valence-electron chi connectivity index (χ0n) is 48.5. The van der Waals surface area contributed by atoms with Gasteiger partial charge < -0.3 is 58.6 Å². The summed E-state index contributed by atoms with van der Waals surface area (Å²) in [5.41, 5.74) is 1.14. The van der Waals surface area contributed by atoms with Gasteiger partial charge >= 0.3 is 26.9 Å². The van der Waals surface area contributed by atoms with Gasteiger partial charge in [-0.15, -0.1) is 0 Å². The standard InChI is InChI=1S/C55H89N2O21P3/c1-33-16-12-11-13-17-34(2)45(73-8)30-41-21-19-39(7)55(65,78-41)51(61)52(62)57-24-15-14-18-42(57)53(63)76-46(31-43(58)35(3)27-38(6)49(60)50(75-10)48(59)37(5)26-33)36(4)28-40-20-22-44(47(29-40)74-9)77-54(64)56-23-25-79(66,81(70,71)72)32-80(67,68)69/h11-13,16-17,27,33,35-37,39-42,44-47,49-50,60,65-66H,14-15,18-26,28-32H2,1-10H3,(H4-,56,64,67,68,69,70,71,72)/p+1/b13-11+,16-12-,34-17+,38-27+/t33-,35-,36-,37-,39-,40-,41+,42+,44-,45+,46+,47-,49-,50+,55-,79?/m1/s1. The highest BCUT2D eigenvalue weighted by Gasteiger charge is 2.58. The lowest BCUT2D eigenvalue weighted by atomic mass is 9.78. The van der Waals surface area contributed by atoms with Crippen LogP contribution in [0.1, 0.15) is 126 Å². The molecule has 0 aromatic heterocycles. The van der Waals surface area contributed by atoms with E-state index in [9.17, 15) is 72.6 Å². The lowest BCUT2D eigenvalue weighted by Gasteiger charge is -2.42. The van der Waals surface area contributed by atoms with Gasteiger partial charge in [-0.2, -0.15) is 0 Å². The zero-order chi connectivity index (χ0) is 60.8. The Balaban J connectivity index is 1.63. The summed E-state index contributed by atoms with van der Waals surface area (Å²) in [6, 6.07) is -1.26. The van der Waals surface area contributed by atoms with E-state index in [4.69, 9.17) is 28.4 Å². The summed E-state index contributed by atoms with van der Waals surface area (Å²) in [6.45, 7) is 11.7. The van der Waals surface area contributed by atoms with Crippen molar-refractivity contribution in [3.63, 3.8) is 0 Å². The normalized spacial score (nSPS) is 35.9. The van der Waals surface area contributed by atoms with Crippen LogP contribution in [-0.4, -0.2) is 176 Å². The Bertz CT molecular complexity index is 2410. The van der Waals surface area contributed by atoms with Gasteiger partial charge in [-0.05, 0) is 107 Å². The Morgan fingerprint density at radius 3 is 2.20 bits per heavy atom. The van der Waals surface area contributed by atoms with Gasteiger partial charge in [-0.1, -0.05) is 71.1 Å². The molecule has 16 atom stereocenters. The van der Waals surface area contributed by atoms with Crippen LogP contribution >= 0.6 is 22.1 Å². The van der Waals surface area contributed by atoms with Crippen molar-refractivity contribution < 1.29 is 101 Å². The van der Waals surface area contributed by atoms with Gasteiger partial charge in [-0.3, -0.25) is 33.5 Å². The number of aliphatic hydroxyl groups is 2. The number of rotatable bonds is 13. The summed E-state index contributed by atoms with van der Waals surface area (Å²) >= 11 is 0. The second-order valence-corrected chi connectivity index (χ2v) is 32.3. The maximum atomic E-state index is 14.6. The molecule has 4 aliphatic rings. The fraction of sp³-hybridized carbons (Fsp3) is 0.745. The van der Waals surface area contributed by atoms with Gasteiger partial charge in [0.1, 0.15) is 42.4 Å².